The molecule has 0 aromatic heterocycles. The standard InChI is InChI=1S/C8H17NO2Si/c1-12(2,3)11-7-9-6-4-5-8(9)10/h4-7H2,1-3H3. The average molecular weight is 187 g/mol. The first-order valence-corrected chi connectivity index (χ1v) is 7.81. The van der Waals surface area contributed by atoms with E-state index in [-0.39, 0.29) is 5.91 Å². The summed E-state index contributed by atoms with van der Waals surface area (Å²) in [4.78, 5) is 13.0. The molecule has 0 aliphatic carbocycles. The van der Waals surface area contributed by atoms with E-state index in [0.29, 0.717) is 13.2 Å². The fourth-order valence-corrected chi connectivity index (χ4v) is 1.66. The molecule has 0 unspecified atom stereocenters. The summed E-state index contributed by atoms with van der Waals surface area (Å²) in [5.74, 6) is 0.244. The SMILES string of the molecule is C[Si](C)(C)OCN1CCCC1=O. The molecule has 4 heteroatoms. The van der Waals surface area contributed by atoms with Crippen LogP contribution in [0.5, 0.6) is 0 Å². The molecule has 1 rings (SSSR count). The zero-order valence-corrected chi connectivity index (χ0v) is 9.09. The lowest BCUT2D eigenvalue weighted by Gasteiger charge is -2.22. The number of amides is 1. The van der Waals surface area contributed by atoms with Crippen molar-refractivity contribution >= 4 is 14.2 Å². The van der Waals surface area contributed by atoms with Crippen LogP contribution in [0, 0.1) is 0 Å². The van der Waals surface area contributed by atoms with Crippen molar-refractivity contribution in [2.24, 2.45) is 0 Å². The minimum Gasteiger partial charge on any atom is -0.400 e. The Morgan fingerprint density at radius 2 is 2.17 bits per heavy atom. The third-order valence-electron chi connectivity index (χ3n) is 1.82. The summed E-state index contributed by atoms with van der Waals surface area (Å²) >= 11 is 0. The first-order chi connectivity index (χ1) is 5.49. The molecule has 1 fully saturated rings. The Bertz CT molecular complexity index is 176. The molecular formula is C8H17NO2Si. The number of likely N-dealkylation sites (tertiary alicyclic amines) is 1. The summed E-state index contributed by atoms with van der Waals surface area (Å²) in [5.41, 5.74) is 0. The molecule has 0 N–H and O–H groups in total. The van der Waals surface area contributed by atoms with Crippen LogP contribution in [0.15, 0.2) is 0 Å². The molecule has 12 heavy (non-hydrogen) atoms. The number of nitrogens with zero attached hydrogens (tertiary/aromatic N) is 1. The van der Waals surface area contributed by atoms with Gasteiger partial charge in [-0.3, -0.25) is 4.79 Å². The van der Waals surface area contributed by atoms with Crippen LogP contribution in [0.2, 0.25) is 19.6 Å². The van der Waals surface area contributed by atoms with Crippen molar-refractivity contribution in [2.45, 2.75) is 32.5 Å². The number of rotatable bonds is 3. The van der Waals surface area contributed by atoms with Crippen LogP contribution in [0.25, 0.3) is 0 Å². The van der Waals surface area contributed by atoms with Crippen LogP contribution in [0.3, 0.4) is 0 Å². The topological polar surface area (TPSA) is 29.5 Å². The van der Waals surface area contributed by atoms with Gasteiger partial charge in [-0.1, -0.05) is 0 Å². The van der Waals surface area contributed by atoms with Gasteiger partial charge in [-0.05, 0) is 26.1 Å². The minimum absolute atomic E-state index is 0.244. The largest absolute Gasteiger partial charge is 0.400 e. The fourth-order valence-electron chi connectivity index (χ4n) is 1.11. The molecule has 3 nitrogen and oxygen atoms in total. The van der Waals surface area contributed by atoms with Crippen molar-refractivity contribution in [1.82, 2.24) is 4.90 Å². The highest BCUT2D eigenvalue weighted by atomic mass is 28.4. The second kappa shape index (κ2) is 3.58. The highest BCUT2D eigenvalue weighted by Crippen LogP contribution is 2.11. The molecule has 0 radical (unpaired) electrons. The van der Waals surface area contributed by atoms with E-state index in [1.807, 2.05) is 0 Å². The van der Waals surface area contributed by atoms with Gasteiger partial charge in [-0.25, -0.2) is 0 Å². The molecule has 70 valence electrons. The zero-order chi connectivity index (χ0) is 9.19. The predicted molar refractivity (Wildman–Crippen MR) is 50.2 cm³/mol. The first-order valence-electron chi connectivity index (χ1n) is 4.41. The second-order valence-corrected chi connectivity index (χ2v) is 8.66. The lowest BCUT2D eigenvalue weighted by molar-refractivity contribution is -0.130. The molecule has 0 aromatic rings. The van der Waals surface area contributed by atoms with Crippen molar-refractivity contribution in [3.05, 3.63) is 0 Å². The Labute approximate surface area is 74.8 Å². The lowest BCUT2D eigenvalue weighted by atomic mass is 10.4. The zero-order valence-electron chi connectivity index (χ0n) is 8.09. The van der Waals surface area contributed by atoms with Crippen LogP contribution >= 0.6 is 0 Å². The third-order valence-corrected chi connectivity index (χ3v) is 2.82. The number of hydrogen-bond donors (Lipinski definition) is 0. The van der Waals surface area contributed by atoms with E-state index in [2.05, 4.69) is 19.6 Å². The highest BCUT2D eigenvalue weighted by molar-refractivity contribution is 6.69. The monoisotopic (exact) mass is 187 g/mol. The van der Waals surface area contributed by atoms with Crippen LogP contribution < -0.4 is 0 Å². The summed E-state index contributed by atoms with van der Waals surface area (Å²) in [5, 5.41) is 0. The van der Waals surface area contributed by atoms with Crippen molar-refractivity contribution in [2.75, 3.05) is 13.3 Å². The Morgan fingerprint density at radius 1 is 1.50 bits per heavy atom. The van der Waals surface area contributed by atoms with Crippen LogP contribution in [-0.4, -0.2) is 32.4 Å². The van der Waals surface area contributed by atoms with Gasteiger partial charge in [0.25, 0.3) is 0 Å². The van der Waals surface area contributed by atoms with Gasteiger partial charge in [0.1, 0.15) is 6.73 Å². The fraction of sp³-hybridized carbons (Fsp3) is 0.875. The van der Waals surface area contributed by atoms with Crippen LogP contribution in [0.4, 0.5) is 0 Å². The molecule has 1 amide bonds. The molecule has 1 heterocycles. The molecule has 1 aliphatic heterocycles. The van der Waals surface area contributed by atoms with Crippen molar-refractivity contribution < 1.29 is 9.22 Å². The molecule has 1 aliphatic rings. The van der Waals surface area contributed by atoms with Crippen molar-refractivity contribution in [1.29, 1.82) is 0 Å². The Hall–Kier alpha value is -0.353. The highest BCUT2D eigenvalue weighted by Gasteiger charge is 2.22. The van der Waals surface area contributed by atoms with Crippen molar-refractivity contribution in [3.8, 4) is 0 Å². The summed E-state index contributed by atoms with van der Waals surface area (Å²) in [7, 11) is -1.45. The Morgan fingerprint density at radius 3 is 2.58 bits per heavy atom. The van der Waals surface area contributed by atoms with E-state index in [1.165, 1.54) is 0 Å². The summed E-state index contributed by atoms with van der Waals surface area (Å²) in [6, 6.07) is 0. The van der Waals surface area contributed by atoms with E-state index < -0.39 is 8.32 Å². The third kappa shape index (κ3) is 2.95. The van der Waals surface area contributed by atoms with Crippen LogP contribution in [-0.2, 0) is 9.22 Å². The Balaban J connectivity index is 2.27. The van der Waals surface area contributed by atoms with E-state index in [0.717, 1.165) is 13.0 Å². The average Bonchev–Trinajstić information content (AvgIpc) is 2.29. The van der Waals surface area contributed by atoms with E-state index >= 15 is 0 Å². The number of hydrogen-bond acceptors (Lipinski definition) is 2. The number of carbonyl (C=O) groups excluding carboxylic acids is 1. The smallest absolute Gasteiger partial charge is 0.224 e. The summed E-state index contributed by atoms with van der Waals surface area (Å²) < 4.78 is 5.63. The van der Waals surface area contributed by atoms with Gasteiger partial charge in [0.05, 0.1) is 0 Å². The van der Waals surface area contributed by atoms with Gasteiger partial charge >= 0.3 is 0 Å². The molecule has 0 bridgehead atoms. The van der Waals surface area contributed by atoms with E-state index in [9.17, 15) is 4.79 Å². The second-order valence-electron chi connectivity index (χ2n) is 4.15. The van der Waals surface area contributed by atoms with E-state index in [1.54, 1.807) is 4.90 Å². The van der Waals surface area contributed by atoms with Gasteiger partial charge < -0.3 is 9.33 Å². The molecule has 0 spiro atoms. The van der Waals surface area contributed by atoms with Gasteiger partial charge in [-0.2, -0.15) is 0 Å². The quantitative estimate of drug-likeness (QED) is 0.625. The number of carbonyl (C=O) groups is 1. The molecule has 1 saturated heterocycles. The van der Waals surface area contributed by atoms with Gasteiger partial charge in [-0.15, -0.1) is 0 Å². The molecule has 0 aromatic carbocycles. The van der Waals surface area contributed by atoms with Gasteiger partial charge in [0.15, 0.2) is 8.32 Å². The maximum absolute atomic E-state index is 11.2. The first kappa shape index (κ1) is 9.73. The maximum Gasteiger partial charge on any atom is 0.224 e. The minimum atomic E-state index is -1.45. The Kier molecular flexibility index (Phi) is 2.90. The maximum atomic E-state index is 11.2. The lowest BCUT2D eigenvalue weighted by Crippen LogP contribution is -2.35. The normalized spacial score (nSPS) is 18.9. The molecule has 0 saturated carbocycles. The molecule has 0 atom stereocenters. The predicted octanol–water partition coefficient (Wildman–Crippen LogP) is 1.42. The summed E-state index contributed by atoms with van der Waals surface area (Å²) in [6.45, 7) is 7.78. The van der Waals surface area contributed by atoms with Crippen LogP contribution in [0.1, 0.15) is 12.8 Å². The van der Waals surface area contributed by atoms with Gasteiger partial charge in [0, 0.05) is 13.0 Å². The van der Waals surface area contributed by atoms with Gasteiger partial charge in [0.2, 0.25) is 5.91 Å². The summed E-state index contributed by atoms with van der Waals surface area (Å²) in [6.07, 6.45) is 1.70. The molecular weight excluding hydrogens is 170 g/mol. The van der Waals surface area contributed by atoms with E-state index in [4.69, 9.17) is 4.43 Å². The van der Waals surface area contributed by atoms with Crippen molar-refractivity contribution in [3.63, 3.8) is 0 Å².